The molecule has 2 aliphatic rings. The van der Waals surface area contributed by atoms with Crippen molar-refractivity contribution in [3.8, 4) is 28.7 Å². The molecule has 2 aromatic carbocycles. The number of fused-ring (bicyclic) bond motifs is 2. The molecule has 8 heteroatoms. The van der Waals surface area contributed by atoms with E-state index >= 15 is 0 Å². The molecular weight excluding hydrogens is 392 g/mol. The summed E-state index contributed by atoms with van der Waals surface area (Å²) in [5, 5.41) is 9.97. The quantitative estimate of drug-likeness (QED) is 0.748. The fourth-order valence-corrected chi connectivity index (χ4v) is 4.05. The van der Waals surface area contributed by atoms with Gasteiger partial charge >= 0.3 is 5.97 Å². The molecule has 0 saturated carbocycles. The van der Waals surface area contributed by atoms with Crippen molar-refractivity contribution in [3.05, 3.63) is 53.1 Å². The molecule has 0 aromatic heterocycles. The molecule has 0 unspecified atom stereocenters. The van der Waals surface area contributed by atoms with Crippen LogP contribution in [0.2, 0.25) is 0 Å². The Labute approximate surface area is 172 Å². The van der Waals surface area contributed by atoms with Gasteiger partial charge in [0, 0.05) is 17.1 Å². The van der Waals surface area contributed by atoms with Crippen molar-refractivity contribution in [1.82, 2.24) is 0 Å². The second-order valence-electron chi connectivity index (χ2n) is 6.90. The normalized spacial score (nSPS) is 19.3. The Morgan fingerprint density at radius 3 is 2.17 bits per heavy atom. The maximum atomic E-state index is 12.9. The molecule has 1 N–H and O–H groups in total. The molecule has 30 heavy (non-hydrogen) atoms. The summed E-state index contributed by atoms with van der Waals surface area (Å²) in [7, 11) is 4.44. The summed E-state index contributed by atoms with van der Waals surface area (Å²) < 4.78 is 27.1. The molecule has 0 bridgehead atoms. The maximum Gasteiger partial charge on any atom is 0.312 e. The van der Waals surface area contributed by atoms with Crippen LogP contribution in [0.15, 0.2) is 36.4 Å². The molecule has 0 fully saturated rings. The molecule has 156 valence electrons. The second-order valence-corrected chi connectivity index (χ2v) is 6.90. The highest BCUT2D eigenvalue weighted by atomic mass is 16.7. The van der Waals surface area contributed by atoms with Crippen molar-refractivity contribution in [1.29, 1.82) is 0 Å². The van der Waals surface area contributed by atoms with Gasteiger partial charge in [0.05, 0.1) is 27.2 Å². The lowest BCUT2D eigenvalue weighted by molar-refractivity contribution is -0.140. The zero-order chi connectivity index (χ0) is 21.6. The lowest BCUT2D eigenvalue weighted by Crippen LogP contribution is -2.33. The first kappa shape index (κ1) is 19.6. The highest BCUT2D eigenvalue weighted by Gasteiger charge is 2.44. The Morgan fingerprint density at radius 1 is 1.03 bits per heavy atom. The van der Waals surface area contributed by atoms with Gasteiger partial charge in [-0.05, 0) is 35.4 Å². The van der Waals surface area contributed by atoms with E-state index in [0.717, 1.165) is 0 Å². The van der Waals surface area contributed by atoms with Crippen LogP contribution in [-0.4, -0.2) is 45.0 Å². The van der Waals surface area contributed by atoms with E-state index in [1.165, 1.54) is 21.3 Å². The number of hydrogen-bond acceptors (Lipinski definition) is 7. The van der Waals surface area contributed by atoms with Gasteiger partial charge in [0.2, 0.25) is 12.5 Å². The summed E-state index contributed by atoms with van der Waals surface area (Å²) in [6.45, 7) is 3.83. The minimum Gasteiger partial charge on any atom is -0.493 e. The van der Waals surface area contributed by atoms with Gasteiger partial charge in [-0.25, -0.2) is 0 Å². The van der Waals surface area contributed by atoms with Crippen LogP contribution in [0.3, 0.4) is 0 Å². The number of carboxylic acids is 1. The van der Waals surface area contributed by atoms with E-state index in [0.29, 0.717) is 45.4 Å². The summed E-state index contributed by atoms with van der Waals surface area (Å²) >= 11 is 0. The average molecular weight is 412 g/mol. The molecule has 0 saturated heterocycles. The lowest BCUT2D eigenvalue weighted by Gasteiger charge is -2.33. The van der Waals surface area contributed by atoms with Gasteiger partial charge in [-0.2, -0.15) is 0 Å². The number of aliphatic carboxylic acids is 1. The SMILES string of the molecule is C=C1C(=O)c2cc3c(cc2[C@@H](c2cc(OC)c(OC)c(OC)c2)[C@H]1C(=O)O)OCO3. The fourth-order valence-electron chi connectivity index (χ4n) is 4.05. The summed E-state index contributed by atoms with van der Waals surface area (Å²) in [5.41, 5.74) is 1.41. The molecule has 1 aliphatic heterocycles. The minimum atomic E-state index is -1.17. The standard InChI is InChI=1S/C22H20O8/c1-10-18(22(24)25)19(11-5-16(26-2)21(28-4)17(6-11)27-3)12-7-14-15(30-9-29-14)8-13(12)20(10)23/h5-8,18-19H,1,9H2,2-4H3,(H,24,25)/t18-,19+/m0/s1. The third kappa shape index (κ3) is 2.83. The monoisotopic (exact) mass is 412 g/mol. The maximum absolute atomic E-state index is 12.9. The highest BCUT2D eigenvalue weighted by molar-refractivity contribution is 6.14. The number of carboxylic acid groups (broad SMARTS) is 1. The van der Waals surface area contributed by atoms with E-state index in [4.69, 9.17) is 23.7 Å². The van der Waals surface area contributed by atoms with E-state index in [1.54, 1.807) is 24.3 Å². The van der Waals surface area contributed by atoms with Gasteiger partial charge in [-0.3, -0.25) is 9.59 Å². The Morgan fingerprint density at radius 2 is 1.63 bits per heavy atom. The first-order valence-corrected chi connectivity index (χ1v) is 9.11. The zero-order valence-electron chi connectivity index (χ0n) is 16.7. The third-order valence-corrected chi connectivity index (χ3v) is 5.44. The number of carbonyl (C=O) groups is 2. The van der Waals surface area contributed by atoms with Crippen LogP contribution in [0.5, 0.6) is 28.7 Å². The van der Waals surface area contributed by atoms with Crippen molar-refractivity contribution < 1.29 is 38.4 Å². The number of rotatable bonds is 5. The number of hydrogen-bond donors (Lipinski definition) is 1. The van der Waals surface area contributed by atoms with Gasteiger partial charge in [-0.1, -0.05) is 6.58 Å². The van der Waals surface area contributed by atoms with Crippen LogP contribution in [0, 0.1) is 5.92 Å². The van der Waals surface area contributed by atoms with E-state index < -0.39 is 23.6 Å². The molecule has 1 aliphatic carbocycles. The van der Waals surface area contributed by atoms with Crippen LogP contribution < -0.4 is 23.7 Å². The average Bonchev–Trinajstić information content (AvgIpc) is 3.21. The highest BCUT2D eigenvalue weighted by Crippen LogP contribution is 2.50. The number of Topliss-reactive ketones (excluding diaryl/α,β-unsaturated/α-hetero) is 1. The largest absolute Gasteiger partial charge is 0.493 e. The molecule has 1 heterocycles. The number of ether oxygens (including phenoxy) is 5. The Balaban J connectivity index is 2.00. The molecule has 0 amide bonds. The van der Waals surface area contributed by atoms with Gasteiger partial charge in [0.15, 0.2) is 28.8 Å². The predicted octanol–water partition coefficient (Wildman–Crippen LogP) is 3.03. The minimum absolute atomic E-state index is 0.00684. The van der Waals surface area contributed by atoms with Gasteiger partial charge in [-0.15, -0.1) is 0 Å². The molecule has 4 rings (SSSR count). The Hall–Kier alpha value is -3.68. The number of ketones is 1. The molecule has 0 radical (unpaired) electrons. The van der Waals surface area contributed by atoms with Crippen LogP contribution in [0.25, 0.3) is 0 Å². The van der Waals surface area contributed by atoms with Crippen LogP contribution in [0.4, 0.5) is 0 Å². The van der Waals surface area contributed by atoms with Crippen molar-refractivity contribution in [2.75, 3.05) is 28.1 Å². The smallest absolute Gasteiger partial charge is 0.312 e. The first-order chi connectivity index (χ1) is 14.4. The Bertz CT molecular complexity index is 1050. The number of carbonyl (C=O) groups excluding carboxylic acids is 1. The van der Waals surface area contributed by atoms with Gasteiger partial charge < -0.3 is 28.8 Å². The summed E-state index contributed by atoms with van der Waals surface area (Å²) in [5.74, 6) is -1.47. The second kappa shape index (κ2) is 7.29. The molecule has 8 nitrogen and oxygen atoms in total. The first-order valence-electron chi connectivity index (χ1n) is 9.11. The topological polar surface area (TPSA) is 101 Å². The third-order valence-electron chi connectivity index (χ3n) is 5.44. The molecular formula is C22H20O8. The van der Waals surface area contributed by atoms with Gasteiger partial charge in [0.25, 0.3) is 0 Å². The van der Waals surface area contributed by atoms with Crippen molar-refractivity contribution in [2.45, 2.75) is 5.92 Å². The lowest BCUT2D eigenvalue weighted by atomic mass is 9.69. The van der Waals surface area contributed by atoms with E-state index in [9.17, 15) is 14.7 Å². The fraction of sp³-hybridized carbons (Fsp3) is 0.273. The summed E-state index contributed by atoms with van der Waals surface area (Å²) in [4.78, 5) is 25.1. The van der Waals surface area contributed by atoms with Crippen LogP contribution in [0.1, 0.15) is 27.4 Å². The Kier molecular flexibility index (Phi) is 4.77. The predicted molar refractivity (Wildman–Crippen MR) is 105 cm³/mol. The van der Waals surface area contributed by atoms with E-state index in [1.807, 2.05) is 0 Å². The molecule has 2 atom stereocenters. The van der Waals surface area contributed by atoms with Crippen molar-refractivity contribution in [3.63, 3.8) is 0 Å². The summed E-state index contributed by atoms with van der Waals surface area (Å²) in [6.07, 6.45) is 0. The summed E-state index contributed by atoms with van der Waals surface area (Å²) in [6, 6.07) is 6.60. The van der Waals surface area contributed by atoms with Crippen LogP contribution in [-0.2, 0) is 4.79 Å². The van der Waals surface area contributed by atoms with Crippen molar-refractivity contribution in [2.24, 2.45) is 5.92 Å². The molecule has 0 spiro atoms. The van der Waals surface area contributed by atoms with E-state index in [2.05, 4.69) is 6.58 Å². The zero-order valence-corrected chi connectivity index (χ0v) is 16.7. The van der Waals surface area contributed by atoms with Crippen molar-refractivity contribution >= 4 is 11.8 Å². The van der Waals surface area contributed by atoms with Gasteiger partial charge in [0.1, 0.15) is 0 Å². The number of benzene rings is 2. The van der Waals surface area contributed by atoms with E-state index in [-0.39, 0.29) is 12.4 Å². The molecule has 2 aromatic rings. The number of methoxy groups -OCH3 is 3. The van der Waals surface area contributed by atoms with Crippen LogP contribution >= 0.6 is 0 Å².